The Morgan fingerprint density at radius 2 is 2.07 bits per heavy atom. The fourth-order valence-electron chi connectivity index (χ4n) is 3.13. The monoisotopic (exact) mass is 377 g/mol. The summed E-state index contributed by atoms with van der Waals surface area (Å²) in [6, 6.07) is -0.0777. The van der Waals surface area contributed by atoms with Gasteiger partial charge in [0.05, 0.1) is 32.1 Å². The molecule has 8 heteroatoms. The van der Waals surface area contributed by atoms with E-state index in [1.54, 1.807) is 22.7 Å². The molecule has 0 aromatic carbocycles. The van der Waals surface area contributed by atoms with Gasteiger partial charge in [0.2, 0.25) is 0 Å². The third-order valence-electron chi connectivity index (χ3n) is 4.43. The lowest BCUT2D eigenvalue weighted by Crippen LogP contribution is -2.52. The van der Waals surface area contributed by atoms with Crippen LogP contribution >= 0.6 is 0 Å². The van der Waals surface area contributed by atoms with Crippen molar-refractivity contribution in [1.82, 2.24) is 14.7 Å². The molecule has 148 valence electrons. The highest BCUT2D eigenvalue weighted by atomic mass is 16.6. The zero-order chi connectivity index (χ0) is 19.6. The number of likely N-dealkylation sites (tertiary alicyclic amines) is 1. The highest BCUT2D eigenvalue weighted by Crippen LogP contribution is 2.30. The predicted molar refractivity (Wildman–Crippen MR) is 98.4 cm³/mol. The lowest BCUT2D eigenvalue weighted by atomic mass is 10.0. The molecular weight excluding hydrogens is 350 g/mol. The molecule has 0 atom stereocenters. The molecule has 0 bridgehead atoms. The molecule has 0 aliphatic carbocycles. The zero-order valence-corrected chi connectivity index (χ0v) is 16.4. The van der Waals surface area contributed by atoms with Crippen LogP contribution in [-0.4, -0.2) is 65.3 Å². The van der Waals surface area contributed by atoms with Crippen LogP contribution in [-0.2, 0) is 14.2 Å². The number of esters is 1. The molecule has 1 saturated heterocycles. The molecular formula is C19H27N3O5. The van der Waals surface area contributed by atoms with Gasteiger partial charge in [-0.1, -0.05) is 6.08 Å². The van der Waals surface area contributed by atoms with Gasteiger partial charge in [-0.2, -0.15) is 5.10 Å². The quantitative estimate of drug-likeness (QED) is 0.750. The van der Waals surface area contributed by atoms with Gasteiger partial charge in [-0.05, 0) is 39.7 Å². The molecule has 1 aromatic heterocycles. The topological polar surface area (TPSA) is 82.9 Å². The lowest BCUT2D eigenvalue weighted by molar-refractivity contribution is -0.000980. The van der Waals surface area contributed by atoms with Crippen LogP contribution in [0.3, 0.4) is 0 Å². The van der Waals surface area contributed by atoms with Crippen molar-refractivity contribution in [2.45, 2.75) is 45.8 Å². The summed E-state index contributed by atoms with van der Waals surface area (Å²) >= 11 is 0. The fraction of sp³-hybridized carbons (Fsp3) is 0.632. The van der Waals surface area contributed by atoms with Crippen molar-refractivity contribution < 1.29 is 23.8 Å². The normalized spacial score (nSPS) is 17.9. The van der Waals surface area contributed by atoms with Crippen LogP contribution in [0.25, 0.3) is 5.57 Å². The Morgan fingerprint density at radius 1 is 1.33 bits per heavy atom. The third-order valence-corrected chi connectivity index (χ3v) is 4.43. The summed E-state index contributed by atoms with van der Waals surface area (Å²) in [7, 11) is 0. The predicted octanol–water partition coefficient (Wildman–Crippen LogP) is 2.66. The second-order valence-corrected chi connectivity index (χ2v) is 7.67. The van der Waals surface area contributed by atoms with Gasteiger partial charge in [0, 0.05) is 18.7 Å². The number of carbonyl (C=O) groups excluding carboxylic acids is 2. The summed E-state index contributed by atoms with van der Waals surface area (Å²) in [4.78, 5) is 26.4. The van der Waals surface area contributed by atoms with Crippen LogP contribution in [0.4, 0.5) is 4.79 Å². The van der Waals surface area contributed by atoms with Gasteiger partial charge in [-0.3, -0.25) is 4.68 Å². The number of nitrogens with zero attached hydrogens (tertiary/aromatic N) is 3. The molecule has 2 aliphatic heterocycles. The molecule has 3 rings (SSSR count). The Kier molecular flexibility index (Phi) is 5.55. The first-order chi connectivity index (χ1) is 12.8. The lowest BCUT2D eigenvalue weighted by Gasteiger charge is -2.40. The van der Waals surface area contributed by atoms with Crippen LogP contribution in [0.15, 0.2) is 12.3 Å². The summed E-state index contributed by atoms with van der Waals surface area (Å²) in [5, 5.41) is 4.44. The van der Waals surface area contributed by atoms with E-state index in [9.17, 15) is 9.59 Å². The zero-order valence-electron chi connectivity index (χ0n) is 16.4. The van der Waals surface area contributed by atoms with Crippen molar-refractivity contribution in [3.8, 4) is 0 Å². The second-order valence-electron chi connectivity index (χ2n) is 7.67. The van der Waals surface area contributed by atoms with Crippen LogP contribution in [0.1, 0.15) is 56.2 Å². The molecule has 1 fully saturated rings. The first-order valence-electron chi connectivity index (χ1n) is 9.30. The van der Waals surface area contributed by atoms with E-state index in [2.05, 4.69) is 5.10 Å². The number of rotatable bonds is 4. The molecule has 0 unspecified atom stereocenters. The molecule has 1 amide bonds. The van der Waals surface area contributed by atoms with E-state index in [1.807, 2.05) is 26.8 Å². The molecule has 0 spiro atoms. The Morgan fingerprint density at radius 3 is 2.67 bits per heavy atom. The van der Waals surface area contributed by atoms with Gasteiger partial charge in [0.15, 0.2) is 5.69 Å². The van der Waals surface area contributed by atoms with E-state index in [0.29, 0.717) is 38.6 Å². The molecule has 0 saturated carbocycles. The summed E-state index contributed by atoms with van der Waals surface area (Å²) in [6.07, 6.45) is 4.06. The number of hydrogen-bond acceptors (Lipinski definition) is 6. The van der Waals surface area contributed by atoms with Gasteiger partial charge >= 0.3 is 12.1 Å². The number of aromatic nitrogens is 2. The van der Waals surface area contributed by atoms with E-state index >= 15 is 0 Å². The smallest absolute Gasteiger partial charge is 0.410 e. The SMILES string of the molecule is CCOC(=O)c1c(C2=CCOCC2)cnn1C1CN(C(=O)OC(C)(C)C)C1. The van der Waals surface area contributed by atoms with E-state index in [-0.39, 0.29) is 12.1 Å². The first kappa shape index (κ1) is 19.4. The van der Waals surface area contributed by atoms with Crippen LogP contribution in [0.2, 0.25) is 0 Å². The van der Waals surface area contributed by atoms with Crippen LogP contribution in [0, 0.1) is 0 Å². The molecule has 27 heavy (non-hydrogen) atoms. The highest BCUT2D eigenvalue weighted by molar-refractivity contribution is 5.94. The molecule has 0 radical (unpaired) electrons. The molecule has 3 heterocycles. The fourth-order valence-corrected chi connectivity index (χ4v) is 3.13. The summed E-state index contributed by atoms with van der Waals surface area (Å²) in [6.45, 7) is 9.62. The minimum Gasteiger partial charge on any atom is -0.461 e. The Balaban J connectivity index is 1.78. The maximum Gasteiger partial charge on any atom is 0.410 e. The molecule has 2 aliphatic rings. The van der Waals surface area contributed by atoms with Crippen molar-refractivity contribution in [2.24, 2.45) is 0 Å². The number of carbonyl (C=O) groups is 2. The van der Waals surface area contributed by atoms with Crippen molar-refractivity contribution >= 4 is 17.6 Å². The maximum atomic E-state index is 12.6. The van der Waals surface area contributed by atoms with Crippen molar-refractivity contribution in [2.75, 3.05) is 32.9 Å². The summed E-state index contributed by atoms with van der Waals surface area (Å²) < 4.78 is 17.7. The van der Waals surface area contributed by atoms with Crippen molar-refractivity contribution in [3.63, 3.8) is 0 Å². The molecule has 1 aromatic rings. The van der Waals surface area contributed by atoms with E-state index in [1.165, 1.54) is 0 Å². The third kappa shape index (κ3) is 4.32. The van der Waals surface area contributed by atoms with Crippen LogP contribution < -0.4 is 0 Å². The Labute approximate surface area is 159 Å². The number of ether oxygens (including phenoxy) is 3. The van der Waals surface area contributed by atoms with Gasteiger partial charge in [-0.25, -0.2) is 9.59 Å². The van der Waals surface area contributed by atoms with Gasteiger partial charge in [0.1, 0.15) is 5.60 Å². The highest BCUT2D eigenvalue weighted by Gasteiger charge is 2.38. The van der Waals surface area contributed by atoms with E-state index in [0.717, 1.165) is 17.6 Å². The van der Waals surface area contributed by atoms with Gasteiger partial charge in [-0.15, -0.1) is 0 Å². The maximum absolute atomic E-state index is 12.6. The summed E-state index contributed by atoms with van der Waals surface area (Å²) in [5.41, 5.74) is 1.73. The van der Waals surface area contributed by atoms with Crippen molar-refractivity contribution in [3.05, 3.63) is 23.5 Å². The Bertz CT molecular complexity index is 741. The molecule has 8 nitrogen and oxygen atoms in total. The van der Waals surface area contributed by atoms with Crippen molar-refractivity contribution in [1.29, 1.82) is 0 Å². The average Bonchev–Trinajstić information content (AvgIpc) is 2.97. The first-order valence-corrected chi connectivity index (χ1v) is 9.30. The van der Waals surface area contributed by atoms with Gasteiger partial charge < -0.3 is 19.1 Å². The largest absolute Gasteiger partial charge is 0.461 e. The van der Waals surface area contributed by atoms with Gasteiger partial charge in [0.25, 0.3) is 0 Å². The average molecular weight is 377 g/mol. The minimum absolute atomic E-state index is 0.0777. The molecule has 0 N–H and O–H groups in total. The second kappa shape index (κ2) is 7.72. The summed E-state index contributed by atoms with van der Waals surface area (Å²) in [5.74, 6) is -0.395. The standard InChI is InChI=1S/C19H27N3O5/c1-5-26-17(23)16-15(13-6-8-25-9-7-13)10-20-22(16)14-11-21(12-14)18(24)27-19(2,3)4/h6,10,14H,5,7-9,11-12H2,1-4H3. The number of amides is 1. The van der Waals surface area contributed by atoms with E-state index < -0.39 is 11.6 Å². The minimum atomic E-state index is -0.535. The van der Waals surface area contributed by atoms with Crippen LogP contribution in [0.5, 0.6) is 0 Å². The Hall–Kier alpha value is -2.35. The van der Waals surface area contributed by atoms with E-state index in [4.69, 9.17) is 14.2 Å². The number of hydrogen-bond donors (Lipinski definition) is 0.